The topological polar surface area (TPSA) is 101 Å². The molecule has 0 saturated heterocycles. The van der Waals surface area contributed by atoms with Crippen molar-refractivity contribution in [2.24, 2.45) is 0 Å². The molecule has 7 nitrogen and oxygen atoms in total. The minimum atomic E-state index is 0.569. The van der Waals surface area contributed by atoms with Crippen LogP contribution in [0, 0.1) is 6.92 Å². The van der Waals surface area contributed by atoms with Gasteiger partial charge in [0.05, 0.1) is 23.3 Å². The first-order chi connectivity index (χ1) is 17.2. The van der Waals surface area contributed by atoms with E-state index in [0.29, 0.717) is 12.3 Å². The standard InChI is InChI=1S/C28H28N6O/c1-19-23-11-13-33-27(23)10-9-26(19)34-28-24(17-31-18-25(28)29)20-5-7-22(8-6-20)35-15-14-30-16-21-4-2-3-12-32-21/h2-13,17-18,30,33H,14-16,29H2,1H3,(H,31,34). The van der Waals surface area contributed by atoms with Crippen molar-refractivity contribution in [3.8, 4) is 16.9 Å². The van der Waals surface area contributed by atoms with Crippen LogP contribution < -0.4 is 21.1 Å². The van der Waals surface area contributed by atoms with Crippen LogP contribution in [0.3, 0.4) is 0 Å². The van der Waals surface area contributed by atoms with Crippen molar-refractivity contribution >= 4 is 28.0 Å². The highest BCUT2D eigenvalue weighted by Crippen LogP contribution is 2.36. The summed E-state index contributed by atoms with van der Waals surface area (Å²) in [6, 6.07) is 20.1. The molecule has 5 rings (SSSR count). The lowest BCUT2D eigenvalue weighted by molar-refractivity contribution is 0.313. The number of nitrogens with two attached hydrogens (primary N) is 1. The fourth-order valence-electron chi connectivity index (χ4n) is 4.08. The SMILES string of the molecule is Cc1c(Nc2c(N)cncc2-c2ccc(OCCNCc3ccccn3)cc2)ccc2[nH]ccc12. The van der Waals surface area contributed by atoms with Crippen molar-refractivity contribution in [3.63, 3.8) is 0 Å². The number of hydrogen-bond acceptors (Lipinski definition) is 6. The first kappa shape index (κ1) is 22.4. The number of hydrogen-bond donors (Lipinski definition) is 4. The number of anilines is 3. The molecule has 5 aromatic rings. The smallest absolute Gasteiger partial charge is 0.119 e. The Balaban J connectivity index is 1.26. The van der Waals surface area contributed by atoms with E-state index in [1.54, 1.807) is 12.4 Å². The number of pyridine rings is 2. The Morgan fingerprint density at radius 3 is 2.71 bits per heavy atom. The molecule has 3 aromatic heterocycles. The Labute approximate surface area is 204 Å². The number of aromatic nitrogens is 3. The second-order valence-corrected chi connectivity index (χ2v) is 8.32. The number of benzene rings is 2. The predicted octanol–water partition coefficient (Wildman–Crippen LogP) is 5.43. The second-order valence-electron chi connectivity index (χ2n) is 8.32. The van der Waals surface area contributed by atoms with Crippen LogP contribution in [-0.4, -0.2) is 28.1 Å². The third kappa shape index (κ3) is 5.10. The minimum absolute atomic E-state index is 0.569. The van der Waals surface area contributed by atoms with Gasteiger partial charge in [0.2, 0.25) is 0 Å². The van der Waals surface area contributed by atoms with Gasteiger partial charge in [-0.1, -0.05) is 18.2 Å². The maximum absolute atomic E-state index is 6.35. The summed E-state index contributed by atoms with van der Waals surface area (Å²) < 4.78 is 5.89. The van der Waals surface area contributed by atoms with Gasteiger partial charge in [-0.05, 0) is 60.5 Å². The fraction of sp³-hybridized carbons (Fsp3) is 0.143. The van der Waals surface area contributed by atoms with Gasteiger partial charge in [0, 0.05) is 53.8 Å². The summed E-state index contributed by atoms with van der Waals surface area (Å²) in [5.74, 6) is 0.813. The van der Waals surface area contributed by atoms with E-state index in [1.807, 2.05) is 54.9 Å². The van der Waals surface area contributed by atoms with Crippen molar-refractivity contribution < 1.29 is 4.74 Å². The average molecular weight is 465 g/mol. The van der Waals surface area contributed by atoms with E-state index >= 15 is 0 Å². The molecule has 0 amide bonds. The molecule has 0 aliphatic heterocycles. The molecule has 35 heavy (non-hydrogen) atoms. The van der Waals surface area contributed by atoms with Crippen molar-refractivity contribution in [3.05, 3.63) is 96.7 Å². The lowest BCUT2D eigenvalue weighted by Crippen LogP contribution is -2.21. The van der Waals surface area contributed by atoms with Crippen molar-refractivity contribution in [1.82, 2.24) is 20.3 Å². The van der Waals surface area contributed by atoms with E-state index in [9.17, 15) is 0 Å². The third-order valence-electron chi connectivity index (χ3n) is 5.98. The Morgan fingerprint density at radius 2 is 1.89 bits per heavy atom. The zero-order chi connectivity index (χ0) is 24.0. The summed E-state index contributed by atoms with van der Waals surface area (Å²) in [6.45, 7) is 4.13. The van der Waals surface area contributed by atoms with Gasteiger partial charge in [-0.3, -0.25) is 9.97 Å². The molecular formula is C28H28N6O. The maximum atomic E-state index is 6.35. The molecule has 2 aromatic carbocycles. The van der Waals surface area contributed by atoms with E-state index in [2.05, 4.69) is 50.7 Å². The summed E-state index contributed by atoms with van der Waals surface area (Å²) >= 11 is 0. The normalized spacial score (nSPS) is 11.0. The molecule has 0 aliphatic carbocycles. The van der Waals surface area contributed by atoms with Crippen molar-refractivity contribution in [1.29, 1.82) is 0 Å². The Morgan fingerprint density at radius 1 is 1.00 bits per heavy atom. The number of fused-ring (bicyclic) bond motifs is 1. The van der Waals surface area contributed by atoms with Crippen LogP contribution >= 0.6 is 0 Å². The Hall–Kier alpha value is -4.36. The highest BCUT2D eigenvalue weighted by molar-refractivity contribution is 5.93. The summed E-state index contributed by atoms with van der Waals surface area (Å²) in [4.78, 5) is 11.9. The van der Waals surface area contributed by atoms with E-state index in [0.717, 1.165) is 58.1 Å². The molecule has 0 atom stereocenters. The van der Waals surface area contributed by atoms with E-state index < -0.39 is 0 Å². The highest BCUT2D eigenvalue weighted by atomic mass is 16.5. The summed E-state index contributed by atoms with van der Waals surface area (Å²) in [7, 11) is 0. The van der Waals surface area contributed by atoms with Gasteiger partial charge >= 0.3 is 0 Å². The summed E-state index contributed by atoms with van der Waals surface area (Å²) in [5.41, 5.74) is 14.0. The Kier molecular flexibility index (Phi) is 6.59. The number of nitrogens with one attached hydrogen (secondary N) is 3. The zero-order valence-corrected chi connectivity index (χ0v) is 19.6. The molecule has 5 N–H and O–H groups in total. The Bertz CT molecular complexity index is 1410. The predicted molar refractivity (Wildman–Crippen MR) is 142 cm³/mol. The third-order valence-corrected chi connectivity index (χ3v) is 5.98. The summed E-state index contributed by atoms with van der Waals surface area (Å²) in [6.07, 6.45) is 7.26. The molecule has 0 unspecified atom stereocenters. The quantitative estimate of drug-likeness (QED) is 0.217. The summed E-state index contributed by atoms with van der Waals surface area (Å²) in [5, 5.41) is 8.06. The number of H-pyrrole nitrogens is 1. The van der Waals surface area contributed by atoms with Gasteiger partial charge in [-0.15, -0.1) is 0 Å². The second kappa shape index (κ2) is 10.3. The molecular weight excluding hydrogens is 436 g/mol. The number of nitrogen functional groups attached to an aromatic ring is 1. The van der Waals surface area contributed by atoms with E-state index in [1.165, 1.54) is 5.39 Å². The lowest BCUT2D eigenvalue weighted by Gasteiger charge is -2.17. The van der Waals surface area contributed by atoms with Crippen LogP contribution in [-0.2, 0) is 6.54 Å². The van der Waals surface area contributed by atoms with Gasteiger partial charge in [0.1, 0.15) is 12.4 Å². The molecule has 0 aliphatic rings. The first-order valence-corrected chi connectivity index (χ1v) is 11.6. The van der Waals surface area contributed by atoms with Gasteiger partial charge in [-0.25, -0.2) is 0 Å². The van der Waals surface area contributed by atoms with Crippen LogP contribution in [0.15, 0.2) is 85.5 Å². The number of aromatic amines is 1. The number of ether oxygens (including phenoxy) is 1. The molecule has 7 heteroatoms. The molecule has 0 fully saturated rings. The van der Waals surface area contributed by atoms with Gasteiger partial charge in [0.15, 0.2) is 0 Å². The largest absolute Gasteiger partial charge is 0.492 e. The lowest BCUT2D eigenvalue weighted by atomic mass is 10.0. The zero-order valence-electron chi connectivity index (χ0n) is 19.6. The van der Waals surface area contributed by atoms with Crippen molar-refractivity contribution in [2.75, 3.05) is 24.2 Å². The van der Waals surface area contributed by atoms with Gasteiger partial charge in [0.25, 0.3) is 0 Å². The molecule has 176 valence electrons. The van der Waals surface area contributed by atoms with Crippen molar-refractivity contribution in [2.45, 2.75) is 13.5 Å². The molecule has 0 saturated carbocycles. The first-order valence-electron chi connectivity index (χ1n) is 11.6. The number of aryl methyl sites for hydroxylation is 1. The van der Waals surface area contributed by atoms with Crippen LogP contribution in [0.5, 0.6) is 5.75 Å². The van der Waals surface area contributed by atoms with Crippen LogP contribution in [0.4, 0.5) is 17.1 Å². The van der Waals surface area contributed by atoms with Gasteiger partial charge in [-0.2, -0.15) is 0 Å². The van der Waals surface area contributed by atoms with Crippen LogP contribution in [0.1, 0.15) is 11.3 Å². The monoisotopic (exact) mass is 464 g/mol. The fourth-order valence-corrected chi connectivity index (χ4v) is 4.08. The highest BCUT2D eigenvalue weighted by Gasteiger charge is 2.12. The molecule has 0 radical (unpaired) electrons. The molecule has 3 heterocycles. The van der Waals surface area contributed by atoms with Gasteiger partial charge < -0.3 is 26.1 Å². The van der Waals surface area contributed by atoms with E-state index in [4.69, 9.17) is 10.5 Å². The average Bonchev–Trinajstić information content (AvgIpc) is 3.37. The number of rotatable bonds is 9. The number of nitrogens with zero attached hydrogens (tertiary/aromatic N) is 2. The van der Waals surface area contributed by atoms with Crippen LogP contribution in [0.25, 0.3) is 22.0 Å². The van der Waals surface area contributed by atoms with Crippen LogP contribution in [0.2, 0.25) is 0 Å². The minimum Gasteiger partial charge on any atom is -0.492 e. The molecule has 0 bridgehead atoms. The van der Waals surface area contributed by atoms with E-state index in [-0.39, 0.29) is 0 Å². The molecule has 0 spiro atoms. The maximum Gasteiger partial charge on any atom is 0.119 e.